The monoisotopic (exact) mass is 289 g/mol. The maximum Gasteiger partial charge on any atom is 0.255 e. The number of phenols is 1. The molecule has 0 aliphatic rings. The molecule has 0 saturated carbocycles. The second kappa shape index (κ2) is 5.55. The third-order valence-corrected chi connectivity index (χ3v) is 3.70. The number of phenolic OH excluding ortho intramolecular Hbond substituents is 1. The fourth-order valence-electron chi connectivity index (χ4n) is 1.89. The summed E-state index contributed by atoms with van der Waals surface area (Å²) >= 11 is 6.04. The predicted octanol–water partition coefficient (Wildman–Crippen LogP) is 4.22. The molecule has 2 rings (SSSR count). The molecule has 0 atom stereocenters. The van der Waals surface area contributed by atoms with E-state index in [1.165, 1.54) is 0 Å². The standard InChI is InChI=1S/C16H16ClNO2/c1-9-4-6-12(7-5-9)16(20)18-13-8-10(2)15(19)14(17)11(13)3/h4-8,19H,1-3H3,(H,18,20). The molecule has 0 fully saturated rings. The van der Waals surface area contributed by atoms with Crippen molar-refractivity contribution in [2.45, 2.75) is 20.8 Å². The van der Waals surface area contributed by atoms with Gasteiger partial charge in [-0.2, -0.15) is 0 Å². The summed E-state index contributed by atoms with van der Waals surface area (Å²) in [5.74, 6) is -0.147. The first-order valence-electron chi connectivity index (χ1n) is 6.27. The summed E-state index contributed by atoms with van der Waals surface area (Å²) in [5.41, 5.74) is 3.56. The smallest absolute Gasteiger partial charge is 0.255 e. The van der Waals surface area contributed by atoms with Crippen LogP contribution in [0, 0.1) is 20.8 Å². The number of carbonyl (C=O) groups excluding carboxylic acids is 1. The van der Waals surface area contributed by atoms with Crippen LogP contribution in [-0.2, 0) is 0 Å². The van der Waals surface area contributed by atoms with E-state index in [-0.39, 0.29) is 16.7 Å². The van der Waals surface area contributed by atoms with Crippen molar-refractivity contribution in [2.24, 2.45) is 0 Å². The molecule has 20 heavy (non-hydrogen) atoms. The Morgan fingerprint density at radius 1 is 1.15 bits per heavy atom. The molecule has 0 unspecified atom stereocenters. The summed E-state index contributed by atoms with van der Waals surface area (Å²) < 4.78 is 0. The van der Waals surface area contributed by atoms with Crippen LogP contribution in [0.2, 0.25) is 5.02 Å². The summed E-state index contributed by atoms with van der Waals surface area (Å²) in [6.07, 6.45) is 0. The van der Waals surface area contributed by atoms with Gasteiger partial charge in [-0.3, -0.25) is 4.79 Å². The Morgan fingerprint density at radius 2 is 1.75 bits per heavy atom. The topological polar surface area (TPSA) is 49.3 Å². The molecular weight excluding hydrogens is 274 g/mol. The average Bonchev–Trinajstić information content (AvgIpc) is 2.43. The molecule has 0 saturated heterocycles. The molecule has 0 aliphatic heterocycles. The van der Waals surface area contributed by atoms with Crippen molar-refractivity contribution in [1.29, 1.82) is 0 Å². The van der Waals surface area contributed by atoms with Gasteiger partial charge in [0.25, 0.3) is 5.91 Å². The van der Waals surface area contributed by atoms with Crippen LogP contribution in [0.1, 0.15) is 27.0 Å². The molecule has 0 bridgehead atoms. The number of aromatic hydroxyl groups is 1. The van der Waals surface area contributed by atoms with Crippen molar-refractivity contribution in [3.05, 3.63) is 57.6 Å². The molecule has 0 aromatic heterocycles. The third kappa shape index (κ3) is 2.78. The minimum absolute atomic E-state index is 0.0532. The third-order valence-electron chi connectivity index (χ3n) is 3.24. The van der Waals surface area contributed by atoms with Crippen molar-refractivity contribution >= 4 is 23.2 Å². The Labute approximate surface area is 123 Å². The summed E-state index contributed by atoms with van der Waals surface area (Å²) in [5, 5.41) is 12.8. The number of hydrogen-bond acceptors (Lipinski definition) is 2. The summed E-state index contributed by atoms with van der Waals surface area (Å²) in [4.78, 5) is 12.2. The quantitative estimate of drug-likeness (QED) is 0.813. The molecule has 4 heteroatoms. The van der Waals surface area contributed by atoms with E-state index >= 15 is 0 Å². The van der Waals surface area contributed by atoms with Gasteiger partial charge in [0.15, 0.2) is 0 Å². The van der Waals surface area contributed by atoms with E-state index in [1.54, 1.807) is 32.0 Å². The minimum Gasteiger partial charge on any atom is -0.506 e. The van der Waals surface area contributed by atoms with Crippen molar-refractivity contribution in [3.8, 4) is 5.75 Å². The molecule has 0 heterocycles. The SMILES string of the molecule is Cc1ccc(C(=O)Nc2cc(C)c(O)c(Cl)c2C)cc1. The van der Waals surface area contributed by atoms with Crippen LogP contribution in [0.15, 0.2) is 30.3 Å². The van der Waals surface area contributed by atoms with Crippen LogP contribution < -0.4 is 5.32 Å². The first-order valence-corrected chi connectivity index (χ1v) is 6.64. The van der Waals surface area contributed by atoms with Gasteiger partial charge in [-0.25, -0.2) is 0 Å². The van der Waals surface area contributed by atoms with Crippen LogP contribution >= 0.6 is 11.6 Å². The van der Waals surface area contributed by atoms with Gasteiger partial charge in [0.2, 0.25) is 0 Å². The highest BCUT2D eigenvalue weighted by Gasteiger charge is 2.13. The second-order valence-corrected chi connectivity index (χ2v) is 5.23. The Hall–Kier alpha value is -2.00. The van der Waals surface area contributed by atoms with Gasteiger partial charge >= 0.3 is 0 Å². The maximum absolute atomic E-state index is 12.2. The van der Waals surface area contributed by atoms with Crippen LogP contribution in [0.5, 0.6) is 5.75 Å². The molecular formula is C16H16ClNO2. The van der Waals surface area contributed by atoms with E-state index in [0.29, 0.717) is 22.4 Å². The number of aryl methyl sites for hydroxylation is 2. The van der Waals surface area contributed by atoms with E-state index in [0.717, 1.165) is 5.56 Å². The minimum atomic E-state index is -0.200. The Bertz CT molecular complexity index is 663. The number of nitrogens with one attached hydrogen (secondary N) is 1. The van der Waals surface area contributed by atoms with Crippen LogP contribution in [0.25, 0.3) is 0 Å². The Balaban J connectivity index is 2.31. The molecule has 2 N–H and O–H groups in total. The summed E-state index contributed by atoms with van der Waals surface area (Å²) in [7, 11) is 0. The highest BCUT2D eigenvalue weighted by Crippen LogP contribution is 2.35. The first kappa shape index (κ1) is 14.4. The largest absolute Gasteiger partial charge is 0.506 e. The highest BCUT2D eigenvalue weighted by atomic mass is 35.5. The molecule has 3 nitrogen and oxygen atoms in total. The van der Waals surface area contributed by atoms with Gasteiger partial charge in [-0.05, 0) is 50.1 Å². The van der Waals surface area contributed by atoms with Gasteiger partial charge in [-0.15, -0.1) is 0 Å². The number of benzene rings is 2. The zero-order chi connectivity index (χ0) is 14.9. The fraction of sp³-hybridized carbons (Fsp3) is 0.188. The van der Waals surface area contributed by atoms with Gasteiger partial charge in [0, 0.05) is 11.3 Å². The first-order chi connectivity index (χ1) is 9.40. The van der Waals surface area contributed by atoms with Crippen molar-refractivity contribution in [3.63, 3.8) is 0 Å². The molecule has 0 radical (unpaired) electrons. The van der Waals surface area contributed by atoms with E-state index in [2.05, 4.69) is 5.32 Å². The van der Waals surface area contributed by atoms with E-state index in [1.807, 2.05) is 19.1 Å². The summed E-state index contributed by atoms with van der Waals surface area (Å²) in [6.45, 7) is 5.46. The highest BCUT2D eigenvalue weighted by molar-refractivity contribution is 6.33. The van der Waals surface area contributed by atoms with Crippen LogP contribution in [-0.4, -0.2) is 11.0 Å². The fourth-order valence-corrected chi connectivity index (χ4v) is 2.14. The number of hydrogen-bond donors (Lipinski definition) is 2. The van der Waals surface area contributed by atoms with Gasteiger partial charge in [0.1, 0.15) is 5.75 Å². The maximum atomic E-state index is 12.2. The number of rotatable bonds is 2. The van der Waals surface area contributed by atoms with E-state index in [9.17, 15) is 9.90 Å². The predicted molar refractivity (Wildman–Crippen MR) is 81.7 cm³/mol. The van der Waals surface area contributed by atoms with E-state index < -0.39 is 0 Å². The Morgan fingerprint density at radius 3 is 2.35 bits per heavy atom. The normalized spacial score (nSPS) is 10.4. The average molecular weight is 290 g/mol. The molecule has 2 aromatic carbocycles. The van der Waals surface area contributed by atoms with E-state index in [4.69, 9.17) is 11.6 Å². The zero-order valence-corrected chi connectivity index (χ0v) is 12.4. The molecule has 0 aliphatic carbocycles. The lowest BCUT2D eigenvalue weighted by atomic mass is 10.1. The lowest BCUT2D eigenvalue weighted by molar-refractivity contribution is 0.102. The zero-order valence-electron chi connectivity index (χ0n) is 11.6. The molecule has 104 valence electrons. The molecule has 2 aromatic rings. The number of carbonyl (C=O) groups is 1. The lowest BCUT2D eigenvalue weighted by Crippen LogP contribution is -2.13. The van der Waals surface area contributed by atoms with Gasteiger partial charge in [-0.1, -0.05) is 29.3 Å². The van der Waals surface area contributed by atoms with Crippen molar-refractivity contribution in [2.75, 3.05) is 5.32 Å². The molecule has 0 spiro atoms. The van der Waals surface area contributed by atoms with Crippen LogP contribution in [0.3, 0.4) is 0 Å². The number of halogens is 1. The van der Waals surface area contributed by atoms with Gasteiger partial charge < -0.3 is 10.4 Å². The summed E-state index contributed by atoms with van der Waals surface area (Å²) in [6, 6.07) is 9.03. The lowest BCUT2D eigenvalue weighted by Gasteiger charge is -2.13. The number of anilines is 1. The number of amides is 1. The van der Waals surface area contributed by atoms with Gasteiger partial charge in [0.05, 0.1) is 5.02 Å². The van der Waals surface area contributed by atoms with Crippen LogP contribution in [0.4, 0.5) is 5.69 Å². The Kier molecular flexibility index (Phi) is 4.00. The van der Waals surface area contributed by atoms with Crippen molar-refractivity contribution < 1.29 is 9.90 Å². The van der Waals surface area contributed by atoms with Crippen molar-refractivity contribution in [1.82, 2.24) is 0 Å². The molecule has 1 amide bonds. The second-order valence-electron chi connectivity index (χ2n) is 4.85.